The molecule has 138 valence electrons. The largest absolute Gasteiger partial charge is 0.506 e. The molecule has 0 saturated heterocycles. The first-order chi connectivity index (χ1) is 12.5. The number of benzene rings is 1. The van der Waals surface area contributed by atoms with Crippen molar-refractivity contribution < 1.29 is 24.5 Å². The third-order valence-corrected chi connectivity index (χ3v) is 4.55. The van der Waals surface area contributed by atoms with Crippen molar-refractivity contribution in [2.24, 2.45) is 5.92 Å². The molecule has 1 aliphatic rings. The van der Waals surface area contributed by atoms with Crippen molar-refractivity contribution in [1.82, 2.24) is 10.3 Å². The summed E-state index contributed by atoms with van der Waals surface area (Å²) in [6, 6.07) is 4.82. The Hall–Kier alpha value is -3.03. The molecule has 3 rings (SSSR count). The molecule has 1 aromatic heterocycles. The number of rotatable bonds is 6. The van der Waals surface area contributed by atoms with E-state index < -0.39 is 35.3 Å². The molecular weight excluding hydrogens is 340 g/mol. The van der Waals surface area contributed by atoms with E-state index in [1.54, 1.807) is 18.2 Å². The molecule has 0 bridgehead atoms. The second-order valence-electron chi connectivity index (χ2n) is 6.42. The van der Waals surface area contributed by atoms with Crippen LogP contribution in [0.15, 0.2) is 23.0 Å². The molecule has 0 spiro atoms. The van der Waals surface area contributed by atoms with Crippen LogP contribution in [-0.2, 0) is 4.79 Å². The molecular formula is C18H20N2O6. The summed E-state index contributed by atoms with van der Waals surface area (Å²) in [4.78, 5) is 37.2. The lowest BCUT2D eigenvalue weighted by Crippen LogP contribution is -2.33. The standard InChI is InChI=1S/C18H20N2O6/c21-14(22)8-19-17(24)15-16(23)12-6-5-11(7-13(12)20-18(15)25)26-9-10-3-1-2-4-10/h5-7,10H,1-4,8-9H2,(H,19,24)(H,21,22)(H2,20,23,25). The van der Waals surface area contributed by atoms with Crippen LogP contribution in [0.5, 0.6) is 11.5 Å². The average molecular weight is 360 g/mol. The van der Waals surface area contributed by atoms with Gasteiger partial charge in [-0.1, -0.05) is 12.8 Å². The topological polar surface area (TPSA) is 129 Å². The second-order valence-corrected chi connectivity index (χ2v) is 6.42. The van der Waals surface area contributed by atoms with Gasteiger partial charge in [-0.05, 0) is 30.9 Å². The molecule has 0 radical (unpaired) electrons. The number of aromatic hydroxyl groups is 1. The zero-order valence-corrected chi connectivity index (χ0v) is 14.1. The highest BCUT2D eigenvalue weighted by atomic mass is 16.5. The van der Waals surface area contributed by atoms with Gasteiger partial charge < -0.3 is 25.3 Å². The summed E-state index contributed by atoms with van der Waals surface area (Å²) < 4.78 is 5.77. The number of carboxylic acid groups (broad SMARTS) is 1. The Morgan fingerprint density at radius 1 is 1.27 bits per heavy atom. The maximum absolute atomic E-state index is 12.2. The summed E-state index contributed by atoms with van der Waals surface area (Å²) >= 11 is 0. The number of carbonyl (C=O) groups is 2. The number of H-pyrrole nitrogens is 1. The van der Waals surface area contributed by atoms with Gasteiger partial charge in [0.05, 0.1) is 12.1 Å². The predicted octanol–water partition coefficient (Wildman–Crippen LogP) is 1.62. The van der Waals surface area contributed by atoms with Crippen molar-refractivity contribution in [2.45, 2.75) is 25.7 Å². The lowest BCUT2D eigenvalue weighted by molar-refractivity contribution is -0.135. The van der Waals surface area contributed by atoms with E-state index in [4.69, 9.17) is 9.84 Å². The molecule has 1 aromatic carbocycles. The molecule has 1 fully saturated rings. The maximum Gasteiger partial charge on any atom is 0.322 e. The highest BCUT2D eigenvalue weighted by molar-refractivity contribution is 6.03. The SMILES string of the molecule is O=C(O)CNC(=O)c1c(O)c2ccc(OCC3CCCC3)cc2[nH]c1=O. The van der Waals surface area contributed by atoms with Crippen LogP contribution in [0.3, 0.4) is 0 Å². The summed E-state index contributed by atoms with van der Waals surface area (Å²) in [5.41, 5.74) is -0.976. The Morgan fingerprint density at radius 2 is 2.00 bits per heavy atom. The van der Waals surface area contributed by atoms with Gasteiger partial charge in [-0.2, -0.15) is 0 Å². The van der Waals surface area contributed by atoms with Gasteiger partial charge in [0.2, 0.25) is 0 Å². The number of carbonyl (C=O) groups excluding carboxylic acids is 1. The molecule has 8 heteroatoms. The fourth-order valence-corrected chi connectivity index (χ4v) is 3.20. The van der Waals surface area contributed by atoms with Gasteiger partial charge >= 0.3 is 5.97 Å². The molecule has 0 aliphatic heterocycles. The van der Waals surface area contributed by atoms with Gasteiger partial charge in [-0.15, -0.1) is 0 Å². The molecule has 0 atom stereocenters. The molecule has 1 amide bonds. The molecule has 1 heterocycles. The van der Waals surface area contributed by atoms with E-state index in [0.29, 0.717) is 23.8 Å². The zero-order chi connectivity index (χ0) is 18.7. The first kappa shape index (κ1) is 17.8. The van der Waals surface area contributed by atoms with E-state index in [1.165, 1.54) is 12.8 Å². The monoisotopic (exact) mass is 360 g/mol. The Labute approximate surface area is 148 Å². The zero-order valence-electron chi connectivity index (χ0n) is 14.1. The van der Waals surface area contributed by atoms with Crippen LogP contribution in [-0.4, -0.2) is 40.2 Å². The molecule has 1 saturated carbocycles. The van der Waals surface area contributed by atoms with E-state index in [-0.39, 0.29) is 5.39 Å². The van der Waals surface area contributed by atoms with Gasteiger partial charge in [0.15, 0.2) is 0 Å². The Kier molecular flexibility index (Phi) is 5.11. The number of aromatic amines is 1. The number of pyridine rings is 1. The molecule has 4 N–H and O–H groups in total. The maximum atomic E-state index is 12.2. The van der Waals surface area contributed by atoms with E-state index in [0.717, 1.165) is 12.8 Å². The molecule has 1 aliphatic carbocycles. The molecule has 26 heavy (non-hydrogen) atoms. The van der Waals surface area contributed by atoms with Gasteiger partial charge in [0.25, 0.3) is 11.5 Å². The van der Waals surface area contributed by atoms with Crippen molar-refractivity contribution in [1.29, 1.82) is 0 Å². The Balaban J connectivity index is 1.84. The molecule has 8 nitrogen and oxygen atoms in total. The minimum absolute atomic E-state index is 0.276. The van der Waals surface area contributed by atoms with Crippen LogP contribution in [0.4, 0.5) is 0 Å². The lowest BCUT2D eigenvalue weighted by atomic mass is 10.1. The van der Waals surface area contributed by atoms with E-state index in [9.17, 15) is 19.5 Å². The van der Waals surface area contributed by atoms with Crippen molar-refractivity contribution in [3.05, 3.63) is 34.1 Å². The predicted molar refractivity (Wildman–Crippen MR) is 93.7 cm³/mol. The van der Waals surface area contributed by atoms with Gasteiger partial charge in [0.1, 0.15) is 23.6 Å². The van der Waals surface area contributed by atoms with Crippen LogP contribution in [0, 0.1) is 5.92 Å². The van der Waals surface area contributed by atoms with E-state index >= 15 is 0 Å². The number of aromatic nitrogens is 1. The fourth-order valence-electron chi connectivity index (χ4n) is 3.20. The van der Waals surface area contributed by atoms with Gasteiger partial charge in [-0.25, -0.2) is 0 Å². The highest BCUT2D eigenvalue weighted by Gasteiger charge is 2.20. The first-order valence-corrected chi connectivity index (χ1v) is 8.47. The summed E-state index contributed by atoms with van der Waals surface area (Å²) in [5, 5.41) is 21.2. The van der Waals surface area contributed by atoms with Crippen molar-refractivity contribution in [3.8, 4) is 11.5 Å². The quantitative estimate of drug-likeness (QED) is 0.619. The van der Waals surface area contributed by atoms with Crippen LogP contribution in [0.25, 0.3) is 10.9 Å². The number of hydrogen-bond acceptors (Lipinski definition) is 5. The Morgan fingerprint density at radius 3 is 2.69 bits per heavy atom. The lowest BCUT2D eigenvalue weighted by Gasteiger charge is -2.12. The van der Waals surface area contributed by atoms with E-state index in [1.807, 2.05) is 0 Å². The van der Waals surface area contributed by atoms with Crippen LogP contribution in [0.2, 0.25) is 0 Å². The number of fused-ring (bicyclic) bond motifs is 1. The summed E-state index contributed by atoms with van der Waals surface area (Å²) in [6.45, 7) is -0.0406. The van der Waals surface area contributed by atoms with Gasteiger partial charge in [-0.3, -0.25) is 14.4 Å². The Bertz CT molecular complexity index is 898. The number of ether oxygens (including phenoxy) is 1. The smallest absolute Gasteiger partial charge is 0.322 e. The number of amides is 1. The number of nitrogens with one attached hydrogen (secondary N) is 2. The number of hydrogen-bond donors (Lipinski definition) is 4. The third kappa shape index (κ3) is 3.79. The van der Waals surface area contributed by atoms with Crippen molar-refractivity contribution >= 4 is 22.8 Å². The fraction of sp³-hybridized carbons (Fsp3) is 0.389. The van der Waals surface area contributed by atoms with E-state index in [2.05, 4.69) is 10.3 Å². The van der Waals surface area contributed by atoms with Crippen molar-refractivity contribution in [3.63, 3.8) is 0 Å². The minimum Gasteiger partial charge on any atom is -0.506 e. The van der Waals surface area contributed by atoms with Gasteiger partial charge in [0, 0.05) is 11.5 Å². The van der Waals surface area contributed by atoms with Crippen LogP contribution >= 0.6 is 0 Å². The number of aliphatic carboxylic acids is 1. The average Bonchev–Trinajstić information content (AvgIpc) is 3.11. The summed E-state index contributed by atoms with van der Waals surface area (Å²) in [6.07, 6.45) is 4.75. The normalized spacial score (nSPS) is 14.5. The summed E-state index contributed by atoms with van der Waals surface area (Å²) in [7, 11) is 0. The highest BCUT2D eigenvalue weighted by Crippen LogP contribution is 2.29. The minimum atomic E-state index is -1.25. The third-order valence-electron chi connectivity index (χ3n) is 4.55. The first-order valence-electron chi connectivity index (χ1n) is 8.47. The number of carboxylic acids is 1. The van der Waals surface area contributed by atoms with Crippen molar-refractivity contribution in [2.75, 3.05) is 13.2 Å². The molecule has 0 unspecified atom stereocenters. The van der Waals surface area contributed by atoms with Crippen LogP contribution in [0.1, 0.15) is 36.0 Å². The van der Waals surface area contributed by atoms with Crippen LogP contribution < -0.4 is 15.6 Å². The molecule has 2 aromatic rings. The summed E-state index contributed by atoms with van der Waals surface area (Å²) in [5.74, 6) is -1.58. The second kappa shape index (κ2) is 7.47.